The van der Waals surface area contributed by atoms with Crippen molar-refractivity contribution in [1.29, 1.82) is 0 Å². The van der Waals surface area contributed by atoms with E-state index < -0.39 is 4.92 Å². The van der Waals surface area contributed by atoms with Gasteiger partial charge in [-0.3, -0.25) is 10.1 Å². The Morgan fingerprint density at radius 2 is 2.12 bits per heavy atom. The second-order valence-corrected chi connectivity index (χ2v) is 5.91. The smallest absolute Gasteiger partial charge is 0.258 e. The summed E-state index contributed by atoms with van der Waals surface area (Å²) in [5.74, 6) is 0. The van der Waals surface area contributed by atoms with Crippen LogP contribution < -0.4 is 0 Å². The molecule has 2 rings (SSSR count). The lowest BCUT2D eigenvalue weighted by Gasteiger charge is -1.98. The third-order valence-corrected chi connectivity index (χ3v) is 3.56. The normalized spacial score (nSPS) is 10.4. The van der Waals surface area contributed by atoms with Crippen LogP contribution in [-0.4, -0.2) is 15.1 Å². The largest absolute Gasteiger partial charge is 0.270 e. The van der Waals surface area contributed by atoms with Crippen LogP contribution in [-0.2, 0) is 0 Å². The topological polar surface area (TPSA) is 68.9 Å². The summed E-state index contributed by atoms with van der Waals surface area (Å²) in [7, 11) is 0. The molecule has 0 aliphatic heterocycles. The van der Waals surface area contributed by atoms with E-state index in [1.807, 2.05) is 13.0 Å². The molecular weight excluding hydrogens is 341 g/mol. The number of aryl methyl sites for hydroxylation is 1. The van der Waals surface area contributed by atoms with Crippen LogP contribution in [0.3, 0.4) is 0 Å². The Morgan fingerprint density at radius 1 is 1.38 bits per heavy atom. The third-order valence-electron chi connectivity index (χ3n) is 1.92. The van der Waals surface area contributed by atoms with Gasteiger partial charge in [0.15, 0.2) is 3.01 Å². The minimum atomic E-state index is -0.400. The maximum absolute atomic E-state index is 10.7. The number of halogens is 1. The highest BCUT2D eigenvalue weighted by Crippen LogP contribution is 2.28. The van der Waals surface area contributed by atoms with E-state index in [0.717, 1.165) is 14.1 Å². The number of nitrogens with zero attached hydrogens (tertiary/aromatic N) is 3. The van der Waals surface area contributed by atoms with Crippen LogP contribution in [0.1, 0.15) is 5.56 Å². The molecule has 0 atom stereocenters. The Balaban J connectivity index is 2.53. The standard InChI is InChI=1S/C9H6IN3O2S/c1-5-2-6(4-7(3-5)13(14)15)8-11-12-9(10)16-8/h2-4H,1H3. The van der Waals surface area contributed by atoms with Gasteiger partial charge < -0.3 is 0 Å². The zero-order chi connectivity index (χ0) is 11.7. The van der Waals surface area contributed by atoms with Gasteiger partial charge in [0.1, 0.15) is 5.01 Å². The van der Waals surface area contributed by atoms with Gasteiger partial charge in [-0.2, -0.15) is 0 Å². The fraction of sp³-hybridized carbons (Fsp3) is 0.111. The number of hydrogen-bond acceptors (Lipinski definition) is 5. The van der Waals surface area contributed by atoms with Crippen molar-refractivity contribution in [2.75, 3.05) is 0 Å². The number of benzene rings is 1. The van der Waals surface area contributed by atoms with Crippen molar-refractivity contribution in [2.45, 2.75) is 6.92 Å². The molecule has 0 saturated carbocycles. The first-order valence-electron chi connectivity index (χ1n) is 4.32. The van der Waals surface area contributed by atoms with Gasteiger partial charge in [-0.25, -0.2) is 0 Å². The van der Waals surface area contributed by atoms with Crippen molar-refractivity contribution in [1.82, 2.24) is 10.2 Å². The van der Waals surface area contributed by atoms with Crippen LogP contribution in [0.5, 0.6) is 0 Å². The fourth-order valence-corrected chi connectivity index (χ4v) is 2.61. The fourth-order valence-electron chi connectivity index (χ4n) is 1.31. The predicted octanol–water partition coefficient (Wildman–Crippen LogP) is 3.03. The number of aromatic nitrogens is 2. The number of rotatable bonds is 2. The molecule has 16 heavy (non-hydrogen) atoms. The van der Waals surface area contributed by atoms with Gasteiger partial charge >= 0.3 is 0 Å². The average Bonchev–Trinajstić information content (AvgIpc) is 2.64. The monoisotopic (exact) mass is 347 g/mol. The molecule has 0 aliphatic carbocycles. The first kappa shape index (κ1) is 11.4. The molecule has 0 amide bonds. The molecule has 0 N–H and O–H groups in total. The quantitative estimate of drug-likeness (QED) is 0.476. The number of nitro benzene ring substituents is 1. The van der Waals surface area contributed by atoms with Crippen LogP contribution in [0, 0.1) is 20.1 Å². The zero-order valence-corrected chi connectivity index (χ0v) is 11.2. The molecule has 82 valence electrons. The summed E-state index contributed by atoms with van der Waals surface area (Å²) in [6.45, 7) is 1.82. The maximum atomic E-state index is 10.7. The lowest BCUT2D eigenvalue weighted by atomic mass is 10.1. The second kappa shape index (κ2) is 4.42. The van der Waals surface area contributed by atoms with E-state index in [9.17, 15) is 10.1 Å². The first-order chi connectivity index (χ1) is 7.56. The Morgan fingerprint density at radius 3 is 2.69 bits per heavy atom. The van der Waals surface area contributed by atoms with Crippen molar-refractivity contribution >= 4 is 39.6 Å². The highest BCUT2D eigenvalue weighted by atomic mass is 127. The second-order valence-electron chi connectivity index (χ2n) is 3.17. The Labute approximate surface area is 109 Å². The van der Waals surface area contributed by atoms with Gasteiger partial charge in [-0.05, 0) is 41.1 Å². The number of nitro groups is 1. The Hall–Kier alpha value is -1.09. The third kappa shape index (κ3) is 2.35. The Kier molecular flexibility index (Phi) is 3.15. The molecule has 0 aliphatic rings. The molecular formula is C9H6IN3O2S. The molecule has 5 nitrogen and oxygen atoms in total. The highest BCUT2D eigenvalue weighted by molar-refractivity contribution is 14.1. The van der Waals surface area contributed by atoms with E-state index in [-0.39, 0.29) is 5.69 Å². The summed E-state index contributed by atoms with van der Waals surface area (Å²) in [6.07, 6.45) is 0. The van der Waals surface area contributed by atoms with Crippen LogP contribution in [0.2, 0.25) is 0 Å². The molecule has 2 aromatic rings. The SMILES string of the molecule is Cc1cc(-c2nnc(I)s2)cc([N+](=O)[O-])c1. The van der Waals surface area contributed by atoms with E-state index in [0.29, 0.717) is 5.01 Å². The maximum Gasteiger partial charge on any atom is 0.270 e. The molecule has 0 fully saturated rings. The van der Waals surface area contributed by atoms with Crippen molar-refractivity contribution in [3.63, 3.8) is 0 Å². The van der Waals surface area contributed by atoms with Gasteiger partial charge in [-0.15, -0.1) is 10.2 Å². The molecule has 7 heteroatoms. The summed E-state index contributed by atoms with van der Waals surface area (Å²) >= 11 is 3.48. The summed E-state index contributed by atoms with van der Waals surface area (Å²) in [5, 5.41) is 19.3. The van der Waals surface area contributed by atoms with E-state index in [1.165, 1.54) is 23.5 Å². The minimum Gasteiger partial charge on any atom is -0.258 e. The zero-order valence-electron chi connectivity index (χ0n) is 8.18. The molecule has 0 saturated heterocycles. The van der Waals surface area contributed by atoms with E-state index in [2.05, 4.69) is 32.8 Å². The summed E-state index contributed by atoms with van der Waals surface area (Å²) in [5.41, 5.74) is 1.67. The van der Waals surface area contributed by atoms with E-state index >= 15 is 0 Å². The first-order valence-corrected chi connectivity index (χ1v) is 6.21. The van der Waals surface area contributed by atoms with Crippen LogP contribution in [0.4, 0.5) is 5.69 Å². The van der Waals surface area contributed by atoms with Gasteiger partial charge in [0, 0.05) is 17.7 Å². The average molecular weight is 347 g/mol. The van der Waals surface area contributed by atoms with Gasteiger partial charge in [0.2, 0.25) is 0 Å². The van der Waals surface area contributed by atoms with Crippen LogP contribution >= 0.6 is 33.9 Å². The lowest BCUT2D eigenvalue weighted by molar-refractivity contribution is -0.384. The van der Waals surface area contributed by atoms with Crippen molar-refractivity contribution < 1.29 is 4.92 Å². The lowest BCUT2D eigenvalue weighted by Crippen LogP contribution is -1.90. The van der Waals surface area contributed by atoms with Gasteiger partial charge in [-0.1, -0.05) is 11.3 Å². The molecule has 0 spiro atoms. The molecule has 0 radical (unpaired) electrons. The highest BCUT2D eigenvalue weighted by Gasteiger charge is 2.12. The van der Waals surface area contributed by atoms with Gasteiger partial charge in [0.25, 0.3) is 5.69 Å². The summed E-state index contributed by atoms with van der Waals surface area (Å²) in [4.78, 5) is 10.3. The molecule has 1 aromatic heterocycles. The van der Waals surface area contributed by atoms with Crippen molar-refractivity contribution in [3.05, 3.63) is 36.9 Å². The molecule has 0 unspecified atom stereocenters. The number of hydrogen-bond donors (Lipinski definition) is 0. The van der Waals surface area contributed by atoms with Crippen molar-refractivity contribution in [2.24, 2.45) is 0 Å². The van der Waals surface area contributed by atoms with Crippen LogP contribution in [0.15, 0.2) is 18.2 Å². The van der Waals surface area contributed by atoms with Gasteiger partial charge in [0.05, 0.1) is 4.92 Å². The summed E-state index contributed by atoms with van der Waals surface area (Å²) < 4.78 is 0.816. The van der Waals surface area contributed by atoms with Crippen LogP contribution in [0.25, 0.3) is 10.6 Å². The minimum absolute atomic E-state index is 0.0835. The van der Waals surface area contributed by atoms with Crippen molar-refractivity contribution in [3.8, 4) is 10.6 Å². The summed E-state index contributed by atoms with van der Waals surface area (Å²) in [6, 6.07) is 4.92. The Bertz CT molecular complexity index is 555. The van der Waals surface area contributed by atoms with E-state index in [1.54, 1.807) is 0 Å². The van der Waals surface area contributed by atoms with E-state index in [4.69, 9.17) is 0 Å². The number of non-ortho nitro benzene ring substituents is 1. The molecule has 1 aromatic carbocycles. The molecule has 1 heterocycles. The molecule has 0 bridgehead atoms. The predicted molar refractivity (Wildman–Crippen MR) is 69.5 cm³/mol.